The summed E-state index contributed by atoms with van der Waals surface area (Å²) >= 11 is 0. The number of hydrogen-bond donors (Lipinski definition) is 1. The quantitative estimate of drug-likeness (QED) is 0.803. The van der Waals surface area contributed by atoms with Crippen LogP contribution in [0.2, 0.25) is 0 Å². The van der Waals surface area contributed by atoms with E-state index in [0.29, 0.717) is 18.9 Å². The van der Waals surface area contributed by atoms with Crippen molar-refractivity contribution in [3.05, 3.63) is 0 Å². The Bertz CT molecular complexity index is 292. The number of methoxy groups -OCH3 is 1. The predicted molar refractivity (Wildman–Crippen MR) is 62.6 cm³/mol. The van der Waals surface area contributed by atoms with Crippen LogP contribution in [0.15, 0.2) is 0 Å². The molecule has 0 bridgehead atoms. The van der Waals surface area contributed by atoms with Crippen molar-refractivity contribution in [2.75, 3.05) is 13.7 Å². The molecule has 1 heterocycles. The van der Waals surface area contributed by atoms with Crippen molar-refractivity contribution in [2.45, 2.75) is 45.3 Å². The molecule has 1 rings (SSSR count). The summed E-state index contributed by atoms with van der Waals surface area (Å²) in [6, 6.07) is -0.696. The first kappa shape index (κ1) is 14.0. The van der Waals surface area contributed by atoms with Crippen LogP contribution in [0.5, 0.6) is 0 Å². The van der Waals surface area contributed by atoms with E-state index in [1.54, 1.807) is 6.92 Å². The number of amides is 1. The van der Waals surface area contributed by atoms with Crippen molar-refractivity contribution < 1.29 is 19.4 Å². The molecule has 98 valence electrons. The maximum absolute atomic E-state index is 12.0. The van der Waals surface area contributed by atoms with Crippen molar-refractivity contribution >= 4 is 11.9 Å². The molecule has 0 aromatic heterocycles. The molecule has 1 aliphatic heterocycles. The molecule has 1 saturated heterocycles. The molecule has 3 atom stereocenters. The highest BCUT2D eigenvalue weighted by atomic mass is 16.5. The lowest BCUT2D eigenvalue weighted by molar-refractivity contribution is -0.157. The number of carbonyl (C=O) groups is 2. The van der Waals surface area contributed by atoms with Gasteiger partial charge in [0.05, 0.1) is 0 Å². The maximum Gasteiger partial charge on any atom is 0.326 e. The van der Waals surface area contributed by atoms with Crippen molar-refractivity contribution in [3.63, 3.8) is 0 Å². The van der Waals surface area contributed by atoms with Crippen molar-refractivity contribution in [1.29, 1.82) is 0 Å². The normalized spacial score (nSPS) is 26.6. The third kappa shape index (κ3) is 3.19. The molecule has 1 amide bonds. The molecule has 0 unspecified atom stereocenters. The number of piperidine rings is 1. The summed E-state index contributed by atoms with van der Waals surface area (Å²) in [5.74, 6) is -0.743. The van der Waals surface area contributed by atoms with Gasteiger partial charge in [0, 0.05) is 13.7 Å². The van der Waals surface area contributed by atoms with Gasteiger partial charge >= 0.3 is 5.97 Å². The van der Waals surface area contributed by atoms with E-state index in [4.69, 9.17) is 4.74 Å². The van der Waals surface area contributed by atoms with Gasteiger partial charge in [-0.25, -0.2) is 4.79 Å². The molecule has 5 nitrogen and oxygen atoms in total. The fraction of sp³-hybridized carbons (Fsp3) is 0.833. The Labute approximate surface area is 102 Å². The largest absolute Gasteiger partial charge is 0.480 e. The second-order valence-corrected chi connectivity index (χ2v) is 4.56. The average Bonchev–Trinajstić information content (AvgIpc) is 2.35. The Balaban J connectivity index is 2.76. The molecule has 0 radical (unpaired) electrons. The number of carboxylic acid groups (broad SMARTS) is 1. The lowest BCUT2D eigenvalue weighted by Gasteiger charge is -2.37. The molecule has 0 spiro atoms. The molecule has 0 aliphatic carbocycles. The Hall–Kier alpha value is -1.10. The zero-order chi connectivity index (χ0) is 13.0. The number of likely N-dealkylation sites (tertiary alicyclic amines) is 1. The number of rotatable bonds is 4. The zero-order valence-corrected chi connectivity index (χ0v) is 10.7. The van der Waals surface area contributed by atoms with E-state index < -0.39 is 18.1 Å². The van der Waals surface area contributed by atoms with Gasteiger partial charge in [-0.1, -0.05) is 13.3 Å². The summed E-state index contributed by atoms with van der Waals surface area (Å²) in [5, 5.41) is 9.19. The minimum Gasteiger partial charge on any atom is -0.480 e. The number of aliphatic carboxylic acids is 1. The van der Waals surface area contributed by atoms with Crippen LogP contribution in [0.25, 0.3) is 0 Å². The molecular formula is C12H21NO4. The average molecular weight is 243 g/mol. The summed E-state index contributed by atoms with van der Waals surface area (Å²) in [6.07, 6.45) is 1.82. The second kappa shape index (κ2) is 6.00. The van der Waals surface area contributed by atoms with E-state index in [1.165, 1.54) is 12.0 Å². The topological polar surface area (TPSA) is 66.8 Å². The SMILES string of the molecule is CC[C@@H]1CCN(C(=O)[C@@H](C)OC)[C@H](C(=O)O)C1. The van der Waals surface area contributed by atoms with Gasteiger partial charge in [0.15, 0.2) is 0 Å². The van der Waals surface area contributed by atoms with Crippen LogP contribution < -0.4 is 0 Å². The number of hydrogen-bond acceptors (Lipinski definition) is 3. The lowest BCUT2D eigenvalue weighted by Crippen LogP contribution is -2.53. The van der Waals surface area contributed by atoms with Crippen LogP contribution in [0.4, 0.5) is 0 Å². The molecule has 1 aliphatic rings. The first-order valence-corrected chi connectivity index (χ1v) is 6.07. The van der Waals surface area contributed by atoms with Crippen LogP contribution in [0.3, 0.4) is 0 Å². The fourth-order valence-corrected chi connectivity index (χ4v) is 2.24. The van der Waals surface area contributed by atoms with E-state index in [2.05, 4.69) is 6.92 Å². The Kier molecular flexibility index (Phi) is 4.93. The number of nitrogens with zero attached hydrogens (tertiary/aromatic N) is 1. The zero-order valence-electron chi connectivity index (χ0n) is 10.7. The van der Waals surface area contributed by atoms with Crippen molar-refractivity contribution in [3.8, 4) is 0 Å². The maximum atomic E-state index is 12.0. The molecule has 0 saturated carbocycles. The monoisotopic (exact) mass is 243 g/mol. The minimum absolute atomic E-state index is 0.227. The summed E-state index contributed by atoms with van der Waals surface area (Å²) in [7, 11) is 1.46. The van der Waals surface area contributed by atoms with E-state index in [1.807, 2.05) is 0 Å². The van der Waals surface area contributed by atoms with Crippen LogP contribution in [-0.2, 0) is 14.3 Å². The lowest BCUT2D eigenvalue weighted by atomic mass is 9.88. The van der Waals surface area contributed by atoms with Gasteiger partial charge in [-0.3, -0.25) is 4.79 Å². The number of carboxylic acids is 1. The van der Waals surface area contributed by atoms with Crippen LogP contribution in [0, 0.1) is 5.92 Å². The van der Waals surface area contributed by atoms with Gasteiger partial charge in [0.2, 0.25) is 0 Å². The summed E-state index contributed by atoms with van der Waals surface area (Å²) in [6.45, 7) is 4.22. The molecule has 0 aromatic rings. The van der Waals surface area contributed by atoms with Crippen molar-refractivity contribution in [2.24, 2.45) is 5.92 Å². The molecule has 1 fully saturated rings. The van der Waals surface area contributed by atoms with Crippen LogP contribution in [0.1, 0.15) is 33.1 Å². The smallest absolute Gasteiger partial charge is 0.326 e. The number of ether oxygens (including phenoxy) is 1. The summed E-state index contributed by atoms with van der Waals surface area (Å²) in [5.41, 5.74) is 0. The number of carbonyl (C=O) groups excluding carboxylic acids is 1. The first-order chi connectivity index (χ1) is 8.01. The third-order valence-corrected chi connectivity index (χ3v) is 3.56. The second-order valence-electron chi connectivity index (χ2n) is 4.56. The van der Waals surface area contributed by atoms with Gasteiger partial charge < -0.3 is 14.7 Å². The molecule has 0 aromatic carbocycles. The van der Waals surface area contributed by atoms with E-state index in [0.717, 1.165) is 12.8 Å². The van der Waals surface area contributed by atoms with Gasteiger partial charge in [0.25, 0.3) is 5.91 Å². The minimum atomic E-state index is -0.917. The Morgan fingerprint density at radius 1 is 1.53 bits per heavy atom. The molecule has 5 heteroatoms. The van der Waals surface area contributed by atoms with Crippen LogP contribution in [-0.4, -0.2) is 47.7 Å². The Morgan fingerprint density at radius 3 is 2.65 bits per heavy atom. The highest BCUT2D eigenvalue weighted by Gasteiger charge is 2.37. The fourth-order valence-electron chi connectivity index (χ4n) is 2.24. The molecular weight excluding hydrogens is 222 g/mol. The van der Waals surface area contributed by atoms with Gasteiger partial charge in [-0.05, 0) is 25.7 Å². The highest BCUT2D eigenvalue weighted by Crippen LogP contribution is 2.26. The van der Waals surface area contributed by atoms with Crippen molar-refractivity contribution in [1.82, 2.24) is 4.90 Å². The predicted octanol–water partition coefficient (Wildman–Crippen LogP) is 1.12. The van der Waals surface area contributed by atoms with E-state index in [-0.39, 0.29) is 5.91 Å². The standard InChI is InChI=1S/C12H21NO4/c1-4-9-5-6-13(10(7-9)12(15)16)11(14)8(2)17-3/h8-10H,4-7H2,1-3H3,(H,15,16)/t8-,9-,10+/m1/s1. The third-order valence-electron chi connectivity index (χ3n) is 3.56. The van der Waals surface area contributed by atoms with E-state index in [9.17, 15) is 14.7 Å². The Morgan fingerprint density at radius 2 is 2.18 bits per heavy atom. The first-order valence-electron chi connectivity index (χ1n) is 6.07. The summed E-state index contributed by atoms with van der Waals surface area (Å²) < 4.78 is 4.96. The summed E-state index contributed by atoms with van der Waals surface area (Å²) in [4.78, 5) is 24.6. The van der Waals surface area contributed by atoms with Gasteiger partial charge in [-0.2, -0.15) is 0 Å². The van der Waals surface area contributed by atoms with Gasteiger partial charge in [0.1, 0.15) is 12.1 Å². The van der Waals surface area contributed by atoms with Gasteiger partial charge in [-0.15, -0.1) is 0 Å². The highest BCUT2D eigenvalue weighted by molar-refractivity contribution is 5.86. The molecule has 17 heavy (non-hydrogen) atoms. The van der Waals surface area contributed by atoms with Crippen LogP contribution >= 0.6 is 0 Å². The van der Waals surface area contributed by atoms with E-state index >= 15 is 0 Å². The molecule has 1 N–H and O–H groups in total.